The number of amides is 1. The number of ether oxygens (including phenoxy) is 2. The Morgan fingerprint density at radius 2 is 1.70 bits per heavy atom. The van der Waals surface area contributed by atoms with Crippen LogP contribution in [-0.4, -0.2) is 17.7 Å². The number of carbonyl (C=O) groups excluding carboxylic acids is 1. The molecular weight excluding hydrogens is 568 g/mol. The molecular formula is C25H20Br2N2O3S. The molecule has 5 nitrogen and oxygen atoms in total. The number of aliphatic imine (C=N–C) groups is 1. The van der Waals surface area contributed by atoms with Crippen molar-refractivity contribution in [2.75, 3.05) is 6.61 Å². The van der Waals surface area contributed by atoms with Crippen LogP contribution in [0.3, 0.4) is 0 Å². The summed E-state index contributed by atoms with van der Waals surface area (Å²) in [5.74, 6) is 1.32. The van der Waals surface area contributed by atoms with E-state index < -0.39 is 0 Å². The van der Waals surface area contributed by atoms with Crippen molar-refractivity contribution in [3.05, 3.63) is 91.7 Å². The van der Waals surface area contributed by atoms with Crippen LogP contribution in [0.5, 0.6) is 11.5 Å². The van der Waals surface area contributed by atoms with Crippen LogP contribution in [0.2, 0.25) is 0 Å². The van der Waals surface area contributed by atoms with Gasteiger partial charge in [0.15, 0.2) is 5.17 Å². The monoisotopic (exact) mass is 586 g/mol. The second-order valence-corrected chi connectivity index (χ2v) is 9.74. The molecule has 1 N–H and O–H groups in total. The lowest BCUT2D eigenvalue weighted by Crippen LogP contribution is -2.19. The molecule has 33 heavy (non-hydrogen) atoms. The number of halogens is 2. The van der Waals surface area contributed by atoms with E-state index in [1.807, 2.05) is 79.7 Å². The summed E-state index contributed by atoms with van der Waals surface area (Å²) in [5.41, 5.74) is 2.69. The number of nitrogens with one attached hydrogen (secondary N) is 1. The summed E-state index contributed by atoms with van der Waals surface area (Å²) in [6.45, 7) is 3.01. The minimum absolute atomic E-state index is 0.179. The quantitative estimate of drug-likeness (QED) is 0.300. The number of rotatable bonds is 7. The maximum atomic E-state index is 12.5. The smallest absolute Gasteiger partial charge is 0.264 e. The molecule has 3 aromatic carbocycles. The van der Waals surface area contributed by atoms with Gasteiger partial charge in [-0.25, -0.2) is 4.99 Å². The minimum Gasteiger partial charge on any atom is -0.494 e. The van der Waals surface area contributed by atoms with Crippen LogP contribution in [0.1, 0.15) is 18.1 Å². The van der Waals surface area contributed by atoms with Gasteiger partial charge in [-0.15, -0.1) is 0 Å². The molecule has 1 aliphatic rings. The van der Waals surface area contributed by atoms with Gasteiger partial charge in [-0.05, 0) is 104 Å². The van der Waals surface area contributed by atoms with Crippen LogP contribution in [-0.2, 0) is 11.4 Å². The molecule has 8 heteroatoms. The van der Waals surface area contributed by atoms with E-state index in [9.17, 15) is 4.79 Å². The molecule has 4 rings (SSSR count). The van der Waals surface area contributed by atoms with E-state index in [0.717, 1.165) is 31.5 Å². The number of carbonyl (C=O) groups is 1. The molecule has 0 bridgehead atoms. The fourth-order valence-corrected chi connectivity index (χ4v) is 5.36. The first-order valence-electron chi connectivity index (χ1n) is 10.2. The number of hydrogen-bond donors (Lipinski definition) is 1. The van der Waals surface area contributed by atoms with Crippen LogP contribution >= 0.6 is 43.6 Å². The Balaban J connectivity index is 1.47. The van der Waals surface area contributed by atoms with E-state index in [1.165, 1.54) is 11.8 Å². The summed E-state index contributed by atoms with van der Waals surface area (Å²) in [6.07, 6.45) is 1.83. The number of nitrogens with zero attached hydrogens (tertiary/aromatic N) is 1. The average Bonchev–Trinajstić information content (AvgIpc) is 3.14. The van der Waals surface area contributed by atoms with Gasteiger partial charge >= 0.3 is 0 Å². The van der Waals surface area contributed by atoms with E-state index in [2.05, 4.69) is 42.2 Å². The zero-order valence-corrected chi connectivity index (χ0v) is 21.7. The minimum atomic E-state index is -0.179. The third kappa shape index (κ3) is 6.28. The molecule has 1 saturated heterocycles. The molecule has 0 saturated carbocycles. The molecule has 3 aromatic rings. The van der Waals surface area contributed by atoms with E-state index in [0.29, 0.717) is 29.0 Å². The number of amidine groups is 1. The summed E-state index contributed by atoms with van der Waals surface area (Å²) < 4.78 is 13.0. The first-order valence-corrected chi connectivity index (χ1v) is 12.6. The standard InChI is InChI=1S/C25H20Br2N2O3S/c1-2-31-19-10-8-18(9-11-19)28-25-29-24(30)22(33-25)14-17-12-20(26)23(21(27)13-17)32-15-16-6-4-3-5-7-16/h3-14H,2,15H2,1H3,(H,28,29,30)/b22-14+. The molecule has 0 atom stereocenters. The highest BCUT2D eigenvalue weighted by molar-refractivity contribution is 9.11. The molecule has 1 heterocycles. The fourth-order valence-electron chi connectivity index (χ4n) is 3.06. The summed E-state index contributed by atoms with van der Waals surface area (Å²) in [7, 11) is 0. The van der Waals surface area contributed by atoms with Gasteiger partial charge in [-0.2, -0.15) is 0 Å². The number of thioether (sulfide) groups is 1. The summed E-state index contributed by atoms with van der Waals surface area (Å²) >= 11 is 8.47. The van der Waals surface area contributed by atoms with Crippen LogP contribution in [0.4, 0.5) is 5.69 Å². The van der Waals surface area contributed by atoms with Gasteiger partial charge in [0.25, 0.3) is 5.91 Å². The first kappa shape index (κ1) is 23.6. The molecule has 0 radical (unpaired) electrons. The Bertz CT molecular complexity index is 1190. The molecule has 168 valence electrons. The van der Waals surface area contributed by atoms with Crippen LogP contribution in [0.15, 0.2) is 85.6 Å². The lowest BCUT2D eigenvalue weighted by atomic mass is 10.2. The topological polar surface area (TPSA) is 59.9 Å². The third-order valence-corrected chi connectivity index (χ3v) is 6.66. The maximum absolute atomic E-state index is 12.5. The lowest BCUT2D eigenvalue weighted by Gasteiger charge is -2.11. The van der Waals surface area contributed by atoms with Crippen molar-refractivity contribution in [1.29, 1.82) is 0 Å². The molecule has 1 aliphatic heterocycles. The third-order valence-electron chi connectivity index (χ3n) is 4.57. The zero-order valence-electron chi connectivity index (χ0n) is 17.7. The Hall–Kier alpha value is -2.55. The first-order chi connectivity index (χ1) is 16.0. The van der Waals surface area contributed by atoms with Gasteiger partial charge in [-0.1, -0.05) is 30.3 Å². The Kier molecular flexibility index (Phi) is 7.90. The molecule has 1 fully saturated rings. The van der Waals surface area contributed by atoms with Crippen molar-refractivity contribution in [2.45, 2.75) is 13.5 Å². The van der Waals surface area contributed by atoms with Gasteiger partial charge in [0.1, 0.15) is 18.1 Å². The zero-order chi connectivity index (χ0) is 23.2. The Labute approximate surface area is 213 Å². The average molecular weight is 588 g/mol. The van der Waals surface area contributed by atoms with Gasteiger partial charge < -0.3 is 14.8 Å². The van der Waals surface area contributed by atoms with Crippen LogP contribution in [0, 0.1) is 0 Å². The Morgan fingerprint density at radius 3 is 2.36 bits per heavy atom. The van der Waals surface area contributed by atoms with E-state index in [-0.39, 0.29) is 5.91 Å². The van der Waals surface area contributed by atoms with Gasteiger partial charge in [0.2, 0.25) is 0 Å². The van der Waals surface area contributed by atoms with Gasteiger partial charge in [0, 0.05) is 0 Å². The predicted molar refractivity (Wildman–Crippen MR) is 141 cm³/mol. The SMILES string of the molecule is CCOc1ccc(N=C2NC(=O)/C(=C\c3cc(Br)c(OCc4ccccc4)c(Br)c3)S2)cc1. The number of benzene rings is 3. The summed E-state index contributed by atoms with van der Waals surface area (Å²) in [5, 5.41) is 3.36. The maximum Gasteiger partial charge on any atom is 0.264 e. The lowest BCUT2D eigenvalue weighted by molar-refractivity contribution is -0.115. The summed E-state index contributed by atoms with van der Waals surface area (Å²) in [6, 6.07) is 21.3. The second-order valence-electron chi connectivity index (χ2n) is 7.00. The van der Waals surface area contributed by atoms with Gasteiger partial charge in [0.05, 0.1) is 26.1 Å². The highest BCUT2D eigenvalue weighted by Gasteiger charge is 2.24. The Morgan fingerprint density at radius 1 is 1.00 bits per heavy atom. The van der Waals surface area contributed by atoms with E-state index >= 15 is 0 Å². The van der Waals surface area contributed by atoms with Gasteiger partial charge in [-0.3, -0.25) is 4.79 Å². The predicted octanol–water partition coefficient (Wildman–Crippen LogP) is 7.08. The van der Waals surface area contributed by atoms with Crippen molar-refractivity contribution in [3.63, 3.8) is 0 Å². The van der Waals surface area contributed by atoms with E-state index in [4.69, 9.17) is 9.47 Å². The van der Waals surface area contributed by atoms with E-state index in [1.54, 1.807) is 0 Å². The summed E-state index contributed by atoms with van der Waals surface area (Å²) in [4.78, 5) is 17.5. The fraction of sp³-hybridized carbons (Fsp3) is 0.120. The van der Waals surface area contributed by atoms with Crippen molar-refractivity contribution in [1.82, 2.24) is 5.32 Å². The highest BCUT2D eigenvalue weighted by atomic mass is 79.9. The highest BCUT2D eigenvalue weighted by Crippen LogP contribution is 2.37. The van der Waals surface area contributed by atoms with Crippen molar-refractivity contribution >= 4 is 66.5 Å². The van der Waals surface area contributed by atoms with Crippen molar-refractivity contribution < 1.29 is 14.3 Å². The number of hydrogen-bond acceptors (Lipinski definition) is 5. The molecule has 1 amide bonds. The van der Waals surface area contributed by atoms with Crippen molar-refractivity contribution in [2.24, 2.45) is 4.99 Å². The molecule has 0 aromatic heterocycles. The molecule has 0 unspecified atom stereocenters. The van der Waals surface area contributed by atoms with Crippen molar-refractivity contribution in [3.8, 4) is 11.5 Å². The second kappa shape index (κ2) is 11.0. The normalized spacial score (nSPS) is 15.7. The molecule has 0 spiro atoms. The van der Waals surface area contributed by atoms with Crippen LogP contribution < -0.4 is 14.8 Å². The van der Waals surface area contributed by atoms with Crippen LogP contribution in [0.25, 0.3) is 6.08 Å². The largest absolute Gasteiger partial charge is 0.494 e. The molecule has 0 aliphatic carbocycles.